The predicted octanol–water partition coefficient (Wildman–Crippen LogP) is 2.69. The Morgan fingerprint density at radius 3 is 2.00 bits per heavy atom. The quantitative estimate of drug-likeness (QED) is 0.269. The summed E-state index contributed by atoms with van der Waals surface area (Å²) in [6, 6.07) is 5.79. The first-order valence-corrected chi connectivity index (χ1v) is 6.10. The SMILES string of the molecule is O=C1CCCCC(=O)C1=Cc1ccc([N+](=O)[O-])cc1. The number of carbonyl (C=O) groups excluding carboxylic acids is 2. The van der Waals surface area contributed by atoms with E-state index in [2.05, 4.69) is 0 Å². The summed E-state index contributed by atoms with van der Waals surface area (Å²) in [5.74, 6) is -0.276. The van der Waals surface area contributed by atoms with E-state index < -0.39 is 4.92 Å². The molecule has 1 aromatic carbocycles. The molecule has 98 valence electrons. The number of non-ortho nitro benzene ring substituents is 1. The van der Waals surface area contributed by atoms with Crippen LogP contribution in [-0.2, 0) is 9.59 Å². The van der Waals surface area contributed by atoms with Gasteiger partial charge in [-0.3, -0.25) is 19.7 Å². The fraction of sp³-hybridized carbons (Fsp3) is 0.286. The number of nitrogens with zero attached hydrogens (tertiary/aromatic N) is 1. The third kappa shape index (κ3) is 3.13. The number of ketones is 2. The van der Waals surface area contributed by atoms with Gasteiger partial charge in [0.15, 0.2) is 11.6 Å². The first-order valence-electron chi connectivity index (χ1n) is 6.10. The summed E-state index contributed by atoms with van der Waals surface area (Å²) in [6.07, 6.45) is 3.79. The highest BCUT2D eigenvalue weighted by atomic mass is 16.6. The molecule has 5 nitrogen and oxygen atoms in total. The van der Waals surface area contributed by atoms with Gasteiger partial charge in [0, 0.05) is 25.0 Å². The molecule has 1 aliphatic rings. The molecule has 19 heavy (non-hydrogen) atoms. The lowest BCUT2D eigenvalue weighted by Crippen LogP contribution is -2.09. The molecule has 0 heterocycles. The van der Waals surface area contributed by atoms with Crippen LogP contribution >= 0.6 is 0 Å². The van der Waals surface area contributed by atoms with Crippen molar-refractivity contribution < 1.29 is 14.5 Å². The Balaban J connectivity index is 2.30. The minimum Gasteiger partial charge on any atom is -0.294 e. The Kier molecular flexibility index (Phi) is 3.85. The highest BCUT2D eigenvalue weighted by Gasteiger charge is 2.21. The smallest absolute Gasteiger partial charge is 0.269 e. The van der Waals surface area contributed by atoms with Crippen LogP contribution in [0.4, 0.5) is 5.69 Å². The second kappa shape index (κ2) is 5.56. The third-order valence-electron chi connectivity index (χ3n) is 3.07. The van der Waals surface area contributed by atoms with Crippen LogP contribution in [0.5, 0.6) is 0 Å². The molecule has 1 fully saturated rings. The lowest BCUT2D eigenvalue weighted by molar-refractivity contribution is -0.384. The van der Waals surface area contributed by atoms with Gasteiger partial charge in [-0.1, -0.05) is 0 Å². The van der Waals surface area contributed by atoms with E-state index in [-0.39, 0.29) is 22.8 Å². The maximum Gasteiger partial charge on any atom is 0.269 e. The third-order valence-corrected chi connectivity index (χ3v) is 3.07. The van der Waals surface area contributed by atoms with Crippen molar-refractivity contribution in [3.05, 3.63) is 45.5 Å². The lowest BCUT2D eigenvalue weighted by Gasteiger charge is -2.01. The molecule has 0 unspecified atom stereocenters. The molecule has 2 rings (SSSR count). The van der Waals surface area contributed by atoms with Crippen LogP contribution in [0.15, 0.2) is 29.8 Å². The van der Waals surface area contributed by atoms with E-state index in [0.29, 0.717) is 18.4 Å². The molecular weight excluding hydrogens is 246 g/mol. The number of Topliss-reactive ketones (excluding diaryl/α,β-unsaturated/α-hetero) is 2. The van der Waals surface area contributed by atoms with Crippen molar-refractivity contribution in [3.63, 3.8) is 0 Å². The zero-order valence-corrected chi connectivity index (χ0v) is 10.3. The monoisotopic (exact) mass is 259 g/mol. The predicted molar refractivity (Wildman–Crippen MR) is 69.6 cm³/mol. The summed E-state index contributed by atoms with van der Waals surface area (Å²) in [6.45, 7) is 0. The number of benzene rings is 1. The molecule has 0 radical (unpaired) electrons. The number of rotatable bonds is 2. The van der Waals surface area contributed by atoms with Crippen molar-refractivity contribution in [1.29, 1.82) is 0 Å². The van der Waals surface area contributed by atoms with E-state index in [9.17, 15) is 19.7 Å². The number of allylic oxidation sites excluding steroid dienone is 1. The zero-order valence-electron chi connectivity index (χ0n) is 10.3. The number of hydrogen-bond donors (Lipinski definition) is 0. The maximum atomic E-state index is 11.8. The second-order valence-electron chi connectivity index (χ2n) is 4.46. The minimum absolute atomic E-state index is 0.0133. The number of nitro benzene ring substituents is 1. The van der Waals surface area contributed by atoms with Crippen LogP contribution < -0.4 is 0 Å². The molecule has 0 bridgehead atoms. The largest absolute Gasteiger partial charge is 0.294 e. The van der Waals surface area contributed by atoms with Crippen LogP contribution in [0, 0.1) is 10.1 Å². The van der Waals surface area contributed by atoms with Crippen molar-refractivity contribution in [1.82, 2.24) is 0 Å². The van der Waals surface area contributed by atoms with E-state index in [1.807, 2.05) is 0 Å². The Morgan fingerprint density at radius 2 is 1.53 bits per heavy atom. The molecule has 0 N–H and O–H groups in total. The van der Waals surface area contributed by atoms with Crippen molar-refractivity contribution in [3.8, 4) is 0 Å². The van der Waals surface area contributed by atoms with Gasteiger partial charge in [0.25, 0.3) is 5.69 Å². The van der Waals surface area contributed by atoms with E-state index >= 15 is 0 Å². The lowest BCUT2D eigenvalue weighted by atomic mass is 10.0. The van der Waals surface area contributed by atoms with Gasteiger partial charge in [0.2, 0.25) is 0 Å². The maximum absolute atomic E-state index is 11.8. The van der Waals surface area contributed by atoms with Gasteiger partial charge < -0.3 is 0 Å². The molecule has 1 aromatic rings. The Morgan fingerprint density at radius 1 is 1.00 bits per heavy atom. The summed E-state index contributed by atoms with van der Waals surface area (Å²) in [5.41, 5.74) is 0.830. The average molecular weight is 259 g/mol. The summed E-state index contributed by atoms with van der Waals surface area (Å²) >= 11 is 0. The van der Waals surface area contributed by atoms with Crippen LogP contribution in [0.2, 0.25) is 0 Å². The van der Waals surface area contributed by atoms with E-state index in [4.69, 9.17) is 0 Å². The van der Waals surface area contributed by atoms with Crippen molar-refractivity contribution in [2.75, 3.05) is 0 Å². The van der Waals surface area contributed by atoms with Gasteiger partial charge in [-0.15, -0.1) is 0 Å². The van der Waals surface area contributed by atoms with Crippen molar-refractivity contribution >= 4 is 23.3 Å². The molecule has 0 saturated heterocycles. The van der Waals surface area contributed by atoms with Crippen LogP contribution in [-0.4, -0.2) is 16.5 Å². The first kappa shape index (κ1) is 13.1. The fourth-order valence-electron chi connectivity index (χ4n) is 2.02. The van der Waals surface area contributed by atoms with Gasteiger partial charge in [-0.25, -0.2) is 0 Å². The molecule has 0 aliphatic heterocycles. The fourth-order valence-corrected chi connectivity index (χ4v) is 2.02. The molecule has 0 aromatic heterocycles. The van der Waals surface area contributed by atoms with E-state index in [1.165, 1.54) is 30.3 Å². The van der Waals surface area contributed by atoms with Gasteiger partial charge >= 0.3 is 0 Å². The first-order chi connectivity index (χ1) is 9.08. The number of hydrogen-bond acceptors (Lipinski definition) is 4. The standard InChI is InChI=1S/C14H13NO4/c16-13-3-1-2-4-14(17)12(13)9-10-5-7-11(8-6-10)15(18)19/h5-9H,1-4H2. The van der Waals surface area contributed by atoms with Crippen LogP contribution in [0.25, 0.3) is 6.08 Å². The summed E-state index contributed by atoms with van der Waals surface area (Å²) in [7, 11) is 0. The Hall–Kier alpha value is -2.30. The van der Waals surface area contributed by atoms with E-state index in [0.717, 1.165) is 12.8 Å². The zero-order chi connectivity index (χ0) is 13.8. The molecule has 1 aliphatic carbocycles. The molecule has 0 amide bonds. The number of carbonyl (C=O) groups is 2. The molecular formula is C14H13NO4. The van der Waals surface area contributed by atoms with Crippen LogP contribution in [0.1, 0.15) is 31.2 Å². The summed E-state index contributed by atoms with van der Waals surface area (Å²) in [5, 5.41) is 10.5. The van der Waals surface area contributed by atoms with Gasteiger partial charge in [0.1, 0.15) is 0 Å². The molecule has 5 heteroatoms. The second-order valence-corrected chi connectivity index (χ2v) is 4.46. The van der Waals surface area contributed by atoms with Crippen LogP contribution in [0.3, 0.4) is 0 Å². The molecule has 0 spiro atoms. The topological polar surface area (TPSA) is 77.3 Å². The molecule has 1 saturated carbocycles. The minimum atomic E-state index is -0.487. The normalized spacial score (nSPS) is 16.1. The summed E-state index contributed by atoms with van der Waals surface area (Å²) < 4.78 is 0. The van der Waals surface area contributed by atoms with Crippen molar-refractivity contribution in [2.24, 2.45) is 0 Å². The number of nitro groups is 1. The summed E-state index contributed by atoms with van der Waals surface area (Å²) in [4.78, 5) is 33.7. The molecule has 0 atom stereocenters. The van der Waals surface area contributed by atoms with E-state index in [1.54, 1.807) is 0 Å². The Labute approximate surface area is 110 Å². The Bertz CT molecular complexity index is 537. The van der Waals surface area contributed by atoms with Gasteiger partial charge in [0.05, 0.1) is 10.5 Å². The highest BCUT2D eigenvalue weighted by molar-refractivity contribution is 6.23. The van der Waals surface area contributed by atoms with Crippen molar-refractivity contribution in [2.45, 2.75) is 25.7 Å². The van der Waals surface area contributed by atoms with Gasteiger partial charge in [-0.05, 0) is 36.6 Å². The highest BCUT2D eigenvalue weighted by Crippen LogP contribution is 2.20. The average Bonchev–Trinajstić information content (AvgIpc) is 2.54. The van der Waals surface area contributed by atoms with Gasteiger partial charge in [-0.2, -0.15) is 0 Å².